The quantitative estimate of drug-likeness (QED) is 0.306. The third-order valence-corrected chi connectivity index (χ3v) is 7.94. The molecule has 0 spiro atoms. The first kappa shape index (κ1) is 21.2. The number of rotatable bonds is 5. The minimum absolute atomic E-state index is 0.0416. The Morgan fingerprint density at radius 1 is 1.19 bits per heavy atom. The largest absolute Gasteiger partial charge is 0.497 e. The van der Waals surface area contributed by atoms with Crippen LogP contribution in [0, 0.1) is 6.92 Å². The van der Waals surface area contributed by atoms with Crippen LogP contribution in [0.3, 0.4) is 0 Å². The van der Waals surface area contributed by atoms with Gasteiger partial charge in [0.25, 0.3) is 5.56 Å². The summed E-state index contributed by atoms with van der Waals surface area (Å²) >= 11 is 3.27. The van der Waals surface area contributed by atoms with Gasteiger partial charge in [-0.25, -0.2) is 4.98 Å². The van der Waals surface area contributed by atoms with Gasteiger partial charge in [-0.05, 0) is 61.3 Å². The van der Waals surface area contributed by atoms with Crippen molar-refractivity contribution in [3.05, 3.63) is 80.5 Å². The van der Waals surface area contributed by atoms with Gasteiger partial charge in [0.15, 0.2) is 5.16 Å². The molecule has 2 aromatic carbocycles. The molecule has 0 amide bonds. The molecule has 2 aromatic heterocycles. The average molecular weight is 464 g/mol. The second kappa shape index (κ2) is 8.73. The first-order valence-corrected chi connectivity index (χ1v) is 12.4. The SMILES string of the molecule is COc1ccc(CSc2nc3sc4c(c3c(=O)n2-c2cccc(C)c2)CCN(C)C4)cc1. The number of thioether (sulfide) groups is 1. The molecule has 32 heavy (non-hydrogen) atoms. The molecule has 0 fully saturated rings. The Morgan fingerprint density at radius 3 is 2.75 bits per heavy atom. The summed E-state index contributed by atoms with van der Waals surface area (Å²) in [6, 6.07) is 16.1. The molecule has 164 valence electrons. The Bertz CT molecular complexity index is 1340. The van der Waals surface area contributed by atoms with E-state index in [9.17, 15) is 4.79 Å². The van der Waals surface area contributed by atoms with E-state index in [1.807, 2.05) is 37.3 Å². The van der Waals surface area contributed by atoms with E-state index in [4.69, 9.17) is 9.72 Å². The molecule has 1 aliphatic rings. The number of benzene rings is 2. The van der Waals surface area contributed by atoms with Gasteiger partial charge in [-0.3, -0.25) is 9.36 Å². The minimum atomic E-state index is 0.0416. The molecule has 0 aliphatic carbocycles. The third kappa shape index (κ3) is 3.96. The zero-order chi connectivity index (χ0) is 22.2. The number of thiophene rings is 1. The van der Waals surface area contributed by atoms with Crippen LogP contribution in [0.25, 0.3) is 15.9 Å². The van der Waals surface area contributed by atoms with Gasteiger partial charge in [-0.1, -0.05) is 36.0 Å². The lowest BCUT2D eigenvalue weighted by molar-refractivity contribution is 0.318. The molecule has 0 bridgehead atoms. The maximum atomic E-state index is 13.9. The molecule has 5 nitrogen and oxygen atoms in total. The fourth-order valence-electron chi connectivity index (χ4n) is 4.11. The van der Waals surface area contributed by atoms with E-state index in [1.165, 1.54) is 10.4 Å². The van der Waals surface area contributed by atoms with E-state index < -0.39 is 0 Å². The number of methoxy groups -OCH3 is 1. The summed E-state index contributed by atoms with van der Waals surface area (Å²) in [5.41, 5.74) is 4.38. The Balaban J connectivity index is 1.62. The predicted octanol–water partition coefficient (Wildman–Crippen LogP) is 5.04. The van der Waals surface area contributed by atoms with Crippen molar-refractivity contribution in [2.75, 3.05) is 20.7 Å². The van der Waals surface area contributed by atoms with E-state index in [1.54, 1.807) is 34.8 Å². The van der Waals surface area contributed by atoms with Crippen molar-refractivity contribution < 1.29 is 4.74 Å². The number of aryl methyl sites for hydroxylation is 1. The summed E-state index contributed by atoms with van der Waals surface area (Å²) in [6.45, 7) is 3.90. The van der Waals surface area contributed by atoms with Crippen molar-refractivity contribution in [1.29, 1.82) is 0 Å². The Kier molecular flexibility index (Phi) is 5.80. The van der Waals surface area contributed by atoms with E-state index in [-0.39, 0.29) is 5.56 Å². The molecule has 0 N–H and O–H groups in total. The van der Waals surface area contributed by atoms with Crippen LogP contribution in [0.2, 0.25) is 0 Å². The zero-order valence-corrected chi connectivity index (χ0v) is 20.1. The van der Waals surface area contributed by atoms with Crippen molar-refractivity contribution in [2.24, 2.45) is 0 Å². The number of nitrogens with zero attached hydrogens (tertiary/aromatic N) is 3. The van der Waals surface area contributed by atoms with Crippen LogP contribution < -0.4 is 10.3 Å². The van der Waals surface area contributed by atoms with Crippen LogP contribution in [-0.4, -0.2) is 35.2 Å². The molecule has 0 saturated carbocycles. The number of hydrogen-bond donors (Lipinski definition) is 0. The molecular weight excluding hydrogens is 438 g/mol. The van der Waals surface area contributed by atoms with Crippen molar-refractivity contribution in [2.45, 2.75) is 30.8 Å². The highest BCUT2D eigenvalue weighted by molar-refractivity contribution is 7.98. The molecule has 4 aromatic rings. The summed E-state index contributed by atoms with van der Waals surface area (Å²) in [6.07, 6.45) is 0.898. The molecule has 0 atom stereocenters. The number of likely N-dealkylation sites (N-methyl/N-ethyl adjacent to an activating group) is 1. The van der Waals surface area contributed by atoms with Crippen LogP contribution in [0.4, 0.5) is 0 Å². The van der Waals surface area contributed by atoms with Gasteiger partial charge < -0.3 is 9.64 Å². The Morgan fingerprint density at radius 2 is 2.00 bits per heavy atom. The van der Waals surface area contributed by atoms with Crippen LogP contribution in [0.1, 0.15) is 21.6 Å². The smallest absolute Gasteiger partial charge is 0.267 e. The van der Waals surface area contributed by atoms with Crippen LogP contribution in [-0.2, 0) is 18.7 Å². The number of hydrogen-bond acceptors (Lipinski definition) is 6. The van der Waals surface area contributed by atoms with Crippen molar-refractivity contribution in [1.82, 2.24) is 14.5 Å². The van der Waals surface area contributed by atoms with E-state index in [0.717, 1.165) is 63.2 Å². The molecule has 5 rings (SSSR count). The molecular formula is C25H25N3O2S2. The highest BCUT2D eigenvalue weighted by Gasteiger charge is 2.24. The lowest BCUT2D eigenvalue weighted by Gasteiger charge is -2.21. The normalized spacial score (nSPS) is 14.0. The van der Waals surface area contributed by atoms with Gasteiger partial charge in [-0.2, -0.15) is 0 Å². The molecule has 3 heterocycles. The van der Waals surface area contributed by atoms with E-state index in [2.05, 4.69) is 30.1 Å². The third-order valence-electron chi connectivity index (χ3n) is 5.82. The standard InChI is InChI=1S/C25H25N3O2S2/c1-16-5-4-6-18(13-16)28-24(29)22-20-11-12-27(2)14-21(20)32-23(22)26-25(28)31-15-17-7-9-19(30-3)10-8-17/h4-10,13H,11-12,14-15H2,1-3H3. The fraction of sp³-hybridized carbons (Fsp3) is 0.280. The highest BCUT2D eigenvalue weighted by Crippen LogP contribution is 2.34. The van der Waals surface area contributed by atoms with E-state index in [0.29, 0.717) is 0 Å². The van der Waals surface area contributed by atoms with Gasteiger partial charge in [0.05, 0.1) is 18.2 Å². The van der Waals surface area contributed by atoms with Gasteiger partial charge in [0.2, 0.25) is 0 Å². The summed E-state index contributed by atoms with van der Waals surface area (Å²) in [4.78, 5) is 23.3. The van der Waals surface area contributed by atoms with Gasteiger partial charge in [0, 0.05) is 23.7 Å². The number of fused-ring (bicyclic) bond motifs is 3. The highest BCUT2D eigenvalue weighted by atomic mass is 32.2. The summed E-state index contributed by atoms with van der Waals surface area (Å²) in [5, 5.41) is 1.53. The molecule has 0 radical (unpaired) electrons. The maximum Gasteiger partial charge on any atom is 0.267 e. The van der Waals surface area contributed by atoms with Crippen LogP contribution in [0.15, 0.2) is 58.5 Å². The maximum absolute atomic E-state index is 13.9. The van der Waals surface area contributed by atoms with Crippen molar-refractivity contribution in [3.8, 4) is 11.4 Å². The first-order chi connectivity index (χ1) is 15.5. The second-order valence-electron chi connectivity index (χ2n) is 8.18. The van der Waals surface area contributed by atoms with E-state index >= 15 is 0 Å². The predicted molar refractivity (Wildman–Crippen MR) is 133 cm³/mol. The fourth-order valence-corrected chi connectivity index (χ4v) is 6.42. The topological polar surface area (TPSA) is 47.4 Å². The lowest BCUT2D eigenvalue weighted by atomic mass is 10.1. The molecule has 1 aliphatic heterocycles. The average Bonchev–Trinajstić information content (AvgIpc) is 3.15. The monoisotopic (exact) mass is 463 g/mol. The van der Waals surface area contributed by atoms with Crippen molar-refractivity contribution >= 4 is 33.3 Å². The summed E-state index contributed by atoms with van der Waals surface area (Å²) < 4.78 is 7.07. The zero-order valence-electron chi connectivity index (χ0n) is 18.4. The molecule has 0 unspecified atom stereocenters. The molecule has 0 saturated heterocycles. The van der Waals surface area contributed by atoms with Gasteiger partial charge >= 0.3 is 0 Å². The Labute approximate surface area is 195 Å². The first-order valence-electron chi connectivity index (χ1n) is 10.6. The van der Waals surface area contributed by atoms with Crippen LogP contribution in [0.5, 0.6) is 5.75 Å². The minimum Gasteiger partial charge on any atom is -0.497 e. The lowest BCUT2D eigenvalue weighted by Crippen LogP contribution is -2.27. The summed E-state index contributed by atoms with van der Waals surface area (Å²) in [5.74, 6) is 1.56. The van der Waals surface area contributed by atoms with Gasteiger partial charge in [0.1, 0.15) is 10.6 Å². The van der Waals surface area contributed by atoms with Gasteiger partial charge in [-0.15, -0.1) is 11.3 Å². The van der Waals surface area contributed by atoms with Crippen LogP contribution >= 0.6 is 23.1 Å². The number of aromatic nitrogens is 2. The Hall–Kier alpha value is -2.61. The van der Waals surface area contributed by atoms with Crippen molar-refractivity contribution in [3.63, 3.8) is 0 Å². The summed E-state index contributed by atoms with van der Waals surface area (Å²) in [7, 11) is 3.80. The number of ether oxygens (including phenoxy) is 1. The molecule has 7 heteroatoms. The second-order valence-corrected chi connectivity index (χ2v) is 10.2.